The minimum atomic E-state index is -4.47. The number of thiophene rings is 1. The Morgan fingerprint density at radius 1 is 0.955 bits per heavy atom. The zero-order valence-corrected chi connectivity index (χ0v) is 26.1. The van der Waals surface area contributed by atoms with Crippen molar-refractivity contribution in [1.29, 1.82) is 0 Å². The van der Waals surface area contributed by atoms with Crippen molar-refractivity contribution in [1.82, 2.24) is 14.7 Å². The number of hydrogen-bond acceptors (Lipinski definition) is 6. The van der Waals surface area contributed by atoms with Crippen LogP contribution < -0.4 is 14.8 Å². The molecule has 12 heteroatoms. The number of hydrogen-bond donors (Lipinski definition) is 1. The predicted octanol–water partition coefficient (Wildman–Crippen LogP) is 6.29. The molecule has 4 rings (SSSR count). The van der Waals surface area contributed by atoms with Gasteiger partial charge >= 0.3 is 12.2 Å². The van der Waals surface area contributed by atoms with Gasteiger partial charge in [-0.1, -0.05) is 6.07 Å². The molecule has 3 amide bonds. The first kappa shape index (κ1) is 33.1. The number of ether oxygens (including phenoxy) is 2. The van der Waals surface area contributed by atoms with Crippen LogP contribution in [0.5, 0.6) is 11.5 Å². The van der Waals surface area contributed by atoms with Crippen molar-refractivity contribution in [2.45, 2.75) is 38.9 Å². The van der Waals surface area contributed by atoms with Crippen molar-refractivity contribution in [3.8, 4) is 11.5 Å². The number of amides is 3. The van der Waals surface area contributed by atoms with Crippen LogP contribution in [0.4, 0.5) is 23.7 Å². The average Bonchev–Trinajstić information content (AvgIpc) is 3.68. The number of alkyl halides is 3. The van der Waals surface area contributed by atoms with E-state index in [1.807, 2.05) is 36.6 Å². The summed E-state index contributed by atoms with van der Waals surface area (Å²) in [4.78, 5) is 33.8. The lowest BCUT2D eigenvalue weighted by molar-refractivity contribution is -0.137. The number of urea groups is 1. The number of methoxy groups -OCH3 is 2. The van der Waals surface area contributed by atoms with Crippen LogP contribution in [-0.4, -0.2) is 80.1 Å². The lowest BCUT2D eigenvalue weighted by atomic mass is 10.1. The van der Waals surface area contributed by atoms with Gasteiger partial charge < -0.3 is 29.5 Å². The second-order valence-electron chi connectivity index (χ2n) is 10.8. The highest BCUT2D eigenvalue weighted by Gasteiger charge is 2.30. The fraction of sp³-hybridized carbons (Fsp3) is 0.438. The Morgan fingerprint density at radius 2 is 1.66 bits per heavy atom. The molecule has 1 aromatic heterocycles. The van der Waals surface area contributed by atoms with Gasteiger partial charge in [0, 0.05) is 30.2 Å². The van der Waals surface area contributed by atoms with Crippen LogP contribution in [0.15, 0.2) is 53.9 Å². The molecule has 1 fully saturated rings. The van der Waals surface area contributed by atoms with E-state index in [9.17, 15) is 22.8 Å². The Labute approximate surface area is 260 Å². The van der Waals surface area contributed by atoms with E-state index in [2.05, 4.69) is 10.2 Å². The number of likely N-dealkylation sites (tertiary alicyclic amines) is 1. The van der Waals surface area contributed by atoms with Gasteiger partial charge in [0.2, 0.25) is 5.91 Å². The molecule has 8 nitrogen and oxygen atoms in total. The van der Waals surface area contributed by atoms with Gasteiger partial charge in [-0.3, -0.25) is 4.79 Å². The second-order valence-corrected chi connectivity index (χ2v) is 11.8. The summed E-state index contributed by atoms with van der Waals surface area (Å²) in [7, 11) is 3.15. The summed E-state index contributed by atoms with van der Waals surface area (Å²) in [5.41, 5.74) is 1.48. The molecule has 2 heterocycles. The fourth-order valence-corrected chi connectivity index (χ4v) is 5.98. The Bertz CT molecular complexity index is 1390. The molecule has 0 aliphatic carbocycles. The van der Waals surface area contributed by atoms with Gasteiger partial charge in [-0.05, 0) is 98.2 Å². The first-order valence-corrected chi connectivity index (χ1v) is 15.4. The molecule has 0 atom stereocenters. The van der Waals surface area contributed by atoms with E-state index >= 15 is 0 Å². The minimum Gasteiger partial charge on any atom is -0.493 e. The van der Waals surface area contributed by atoms with Crippen LogP contribution in [0.3, 0.4) is 0 Å². The summed E-state index contributed by atoms with van der Waals surface area (Å²) in [5.74, 6) is 0.998. The maximum absolute atomic E-state index is 13.9. The van der Waals surface area contributed by atoms with Crippen LogP contribution in [0, 0.1) is 6.92 Å². The molecule has 44 heavy (non-hydrogen) atoms. The van der Waals surface area contributed by atoms with Crippen molar-refractivity contribution in [2.75, 3.05) is 58.8 Å². The van der Waals surface area contributed by atoms with E-state index in [-0.39, 0.29) is 18.1 Å². The zero-order chi connectivity index (χ0) is 31.7. The van der Waals surface area contributed by atoms with Gasteiger partial charge in [-0.25, -0.2) is 4.79 Å². The zero-order valence-electron chi connectivity index (χ0n) is 25.3. The number of nitrogens with one attached hydrogen (secondary N) is 1. The smallest absolute Gasteiger partial charge is 0.416 e. The van der Waals surface area contributed by atoms with Crippen LogP contribution in [0.1, 0.15) is 34.4 Å². The SMILES string of the molecule is COc1ccc(CCN(Cc2sccc2C)C(=O)CN(CCN2CCCC2)C(=O)Nc2ccc(C(F)(F)F)cc2)cc1OC. The largest absolute Gasteiger partial charge is 0.493 e. The number of benzene rings is 2. The summed E-state index contributed by atoms with van der Waals surface area (Å²) in [6.07, 6.45) is -1.75. The van der Waals surface area contributed by atoms with Gasteiger partial charge in [-0.2, -0.15) is 13.2 Å². The standard InChI is InChI=1S/C32H39F3N4O4S/c1-23-13-19-44-29(23)21-38(16-12-24-6-11-27(42-2)28(20-24)43-3)30(40)22-39(18-17-37-14-4-5-15-37)31(41)36-26-9-7-25(8-10-26)32(33,34)35/h6-11,13,19-20H,4-5,12,14-18,21-22H2,1-3H3,(H,36,41). The Hall–Kier alpha value is -3.77. The Morgan fingerprint density at radius 3 is 2.27 bits per heavy atom. The quantitative estimate of drug-likeness (QED) is 0.240. The van der Waals surface area contributed by atoms with Gasteiger partial charge in [0.15, 0.2) is 11.5 Å². The lowest BCUT2D eigenvalue weighted by Gasteiger charge is -2.29. The molecule has 0 radical (unpaired) electrons. The van der Waals surface area contributed by atoms with E-state index in [4.69, 9.17) is 9.47 Å². The molecule has 1 saturated heterocycles. The number of rotatable bonds is 13. The third-order valence-corrected chi connectivity index (χ3v) is 8.74. The van der Waals surface area contributed by atoms with E-state index < -0.39 is 17.8 Å². The fourth-order valence-electron chi connectivity index (χ4n) is 5.06. The highest BCUT2D eigenvalue weighted by atomic mass is 32.1. The highest BCUT2D eigenvalue weighted by molar-refractivity contribution is 7.10. The van der Waals surface area contributed by atoms with E-state index in [1.54, 1.807) is 30.5 Å². The van der Waals surface area contributed by atoms with Gasteiger partial charge in [0.25, 0.3) is 0 Å². The summed E-state index contributed by atoms with van der Waals surface area (Å²) < 4.78 is 49.9. The normalized spacial score (nSPS) is 13.5. The number of carbonyl (C=O) groups excluding carboxylic acids is 2. The molecule has 0 unspecified atom stereocenters. The van der Waals surface area contributed by atoms with E-state index in [0.29, 0.717) is 44.1 Å². The van der Waals surface area contributed by atoms with Crippen molar-refractivity contribution in [3.05, 3.63) is 75.5 Å². The average molecular weight is 633 g/mol. The molecule has 3 aromatic rings. The molecule has 1 aliphatic rings. The molecule has 1 N–H and O–H groups in total. The van der Waals surface area contributed by atoms with Gasteiger partial charge in [-0.15, -0.1) is 11.3 Å². The number of aryl methyl sites for hydroxylation is 1. The van der Waals surface area contributed by atoms with Crippen LogP contribution in [-0.2, 0) is 23.9 Å². The molecule has 238 valence electrons. The van der Waals surface area contributed by atoms with E-state index in [0.717, 1.165) is 54.1 Å². The molecule has 0 spiro atoms. The Balaban J connectivity index is 1.50. The number of halogens is 3. The summed E-state index contributed by atoms with van der Waals surface area (Å²) >= 11 is 1.57. The second kappa shape index (κ2) is 15.3. The third-order valence-electron chi connectivity index (χ3n) is 7.74. The van der Waals surface area contributed by atoms with Crippen molar-refractivity contribution >= 4 is 29.0 Å². The topological polar surface area (TPSA) is 74.4 Å². The van der Waals surface area contributed by atoms with Crippen molar-refractivity contribution < 1.29 is 32.2 Å². The van der Waals surface area contributed by atoms with Crippen LogP contribution in [0.25, 0.3) is 0 Å². The summed E-state index contributed by atoms with van der Waals surface area (Å²) in [5, 5.41) is 4.67. The number of carbonyl (C=O) groups is 2. The van der Waals surface area contributed by atoms with Crippen LogP contribution in [0.2, 0.25) is 0 Å². The van der Waals surface area contributed by atoms with Crippen molar-refractivity contribution in [2.24, 2.45) is 0 Å². The van der Waals surface area contributed by atoms with Crippen LogP contribution >= 0.6 is 11.3 Å². The summed E-state index contributed by atoms with van der Waals surface area (Å²) in [6.45, 7) is 5.40. The predicted molar refractivity (Wildman–Crippen MR) is 165 cm³/mol. The van der Waals surface area contributed by atoms with E-state index in [1.165, 1.54) is 17.0 Å². The maximum Gasteiger partial charge on any atom is 0.416 e. The van der Waals surface area contributed by atoms with Gasteiger partial charge in [0.05, 0.1) is 26.3 Å². The molecule has 0 saturated carbocycles. The third kappa shape index (κ3) is 9.12. The first-order chi connectivity index (χ1) is 21.1. The minimum absolute atomic E-state index is 0.170. The molecule has 0 bridgehead atoms. The Kier molecular flexibility index (Phi) is 11.5. The molecular formula is C32H39F3N4O4S. The lowest BCUT2D eigenvalue weighted by Crippen LogP contribution is -2.47. The first-order valence-electron chi connectivity index (χ1n) is 14.5. The van der Waals surface area contributed by atoms with Crippen molar-refractivity contribution in [3.63, 3.8) is 0 Å². The number of anilines is 1. The highest BCUT2D eigenvalue weighted by Crippen LogP contribution is 2.30. The number of nitrogens with zero attached hydrogens (tertiary/aromatic N) is 3. The molecule has 1 aliphatic heterocycles. The monoisotopic (exact) mass is 632 g/mol. The summed E-state index contributed by atoms with van der Waals surface area (Å²) in [6, 6.07) is 11.4. The molecule has 2 aromatic carbocycles. The molecular weight excluding hydrogens is 593 g/mol. The maximum atomic E-state index is 13.9. The van der Waals surface area contributed by atoms with Gasteiger partial charge in [0.1, 0.15) is 6.54 Å².